The van der Waals surface area contributed by atoms with Crippen LogP contribution >= 0.6 is 11.6 Å². The van der Waals surface area contributed by atoms with E-state index in [0.29, 0.717) is 28.8 Å². The number of nitrogens with one attached hydrogen (secondary N) is 3. The first-order valence-corrected chi connectivity index (χ1v) is 14.2. The molecule has 1 amide bonds. The lowest BCUT2D eigenvalue weighted by molar-refractivity contribution is -0.124. The summed E-state index contributed by atoms with van der Waals surface area (Å²) in [6, 6.07) is 7.79. The molecular weight excluding hydrogens is 561 g/mol. The van der Waals surface area contributed by atoms with Gasteiger partial charge < -0.3 is 15.4 Å². The summed E-state index contributed by atoms with van der Waals surface area (Å²) in [4.78, 5) is 28.2. The number of sulfonamides is 1. The van der Waals surface area contributed by atoms with E-state index in [1.807, 2.05) is 0 Å². The van der Waals surface area contributed by atoms with Gasteiger partial charge in [-0.3, -0.25) is 9.52 Å². The van der Waals surface area contributed by atoms with E-state index in [1.54, 1.807) is 31.4 Å². The molecule has 1 saturated carbocycles. The predicted octanol–water partition coefficient (Wildman–Crippen LogP) is 4.02. The van der Waals surface area contributed by atoms with Crippen LogP contribution in [0.5, 0.6) is 5.88 Å². The van der Waals surface area contributed by atoms with Gasteiger partial charge in [0.1, 0.15) is 0 Å². The zero-order chi connectivity index (χ0) is 28.4. The second-order valence-corrected chi connectivity index (χ2v) is 11.3. The highest BCUT2D eigenvalue weighted by Crippen LogP contribution is 2.32. The Morgan fingerprint density at radius 1 is 1.12 bits per heavy atom. The van der Waals surface area contributed by atoms with Crippen molar-refractivity contribution in [2.75, 3.05) is 24.2 Å². The molecule has 14 heteroatoms. The number of pyridine rings is 2. The standard InChI is InChI=1S/C26H25ClFN7O4S/c1-29-24(36)15-3-5-18(10-15)33-26-32-12-16-9-14(4-6-20(16)34-26)19-7-8-30-23(22(19)28)35-40(37,38)21-11-17(27)13-31-25(21)39-2/h4,6-9,11-13,15,18H,3,5,10H2,1-2H3,(H,29,36)(H,30,35)(H,32,33,34)/t15-,18-/m1/s1. The molecule has 1 aliphatic rings. The van der Waals surface area contributed by atoms with Gasteiger partial charge in [-0.15, -0.1) is 0 Å². The van der Waals surface area contributed by atoms with E-state index in [4.69, 9.17) is 16.3 Å². The summed E-state index contributed by atoms with van der Waals surface area (Å²) in [7, 11) is -1.44. The smallest absolute Gasteiger partial charge is 0.268 e. The molecule has 40 heavy (non-hydrogen) atoms. The van der Waals surface area contributed by atoms with Gasteiger partial charge in [0.2, 0.25) is 17.7 Å². The van der Waals surface area contributed by atoms with Gasteiger partial charge in [0.05, 0.1) is 17.6 Å². The fourth-order valence-electron chi connectivity index (χ4n) is 4.68. The van der Waals surface area contributed by atoms with Crippen LogP contribution in [0.4, 0.5) is 16.2 Å². The van der Waals surface area contributed by atoms with Gasteiger partial charge in [-0.05, 0) is 49.1 Å². The molecule has 1 aromatic carbocycles. The van der Waals surface area contributed by atoms with Crippen molar-refractivity contribution < 1.29 is 22.3 Å². The third kappa shape index (κ3) is 5.61. The third-order valence-electron chi connectivity index (χ3n) is 6.66. The molecule has 2 atom stereocenters. The predicted molar refractivity (Wildman–Crippen MR) is 148 cm³/mol. The Morgan fingerprint density at radius 2 is 1.95 bits per heavy atom. The van der Waals surface area contributed by atoms with Gasteiger partial charge in [-0.25, -0.2) is 32.7 Å². The highest BCUT2D eigenvalue weighted by Gasteiger charge is 2.30. The minimum atomic E-state index is -4.33. The molecule has 1 aliphatic carbocycles. The molecule has 4 aromatic rings. The molecule has 0 saturated heterocycles. The average Bonchev–Trinajstić information content (AvgIpc) is 3.42. The molecule has 208 valence electrons. The molecular formula is C26H25ClFN7O4S. The number of anilines is 2. The lowest BCUT2D eigenvalue weighted by atomic mass is 10.0. The van der Waals surface area contributed by atoms with E-state index < -0.39 is 21.7 Å². The summed E-state index contributed by atoms with van der Waals surface area (Å²) in [5, 5.41) is 6.71. The molecule has 11 nitrogen and oxygen atoms in total. The summed E-state index contributed by atoms with van der Waals surface area (Å²) in [6.45, 7) is 0. The molecule has 0 bridgehead atoms. The molecule has 0 radical (unpaired) electrons. The number of amides is 1. The minimum Gasteiger partial charge on any atom is -0.480 e. The van der Waals surface area contributed by atoms with E-state index in [9.17, 15) is 13.2 Å². The van der Waals surface area contributed by atoms with E-state index in [2.05, 4.69) is 35.3 Å². The van der Waals surface area contributed by atoms with Gasteiger partial charge >= 0.3 is 0 Å². The molecule has 3 N–H and O–H groups in total. The van der Waals surface area contributed by atoms with Crippen LogP contribution in [0.3, 0.4) is 0 Å². The average molecular weight is 586 g/mol. The van der Waals surface area contributed by atoms with Crippen molar-refractivity contribution >= 4 is 50.2 Å². The van der Waals surface area contributed by atoms with Crippen molar-refractivity contribution in [2.24, 2.45) is 5.92 Å². The second-order valence-electron chi connectivity index (χ2n) is 9.22. The number of methoxy groups -OCH3 is 1. The van der Waals surface area contributed by atoms with Crippen LogP contribution in [-0.4, -0.2) is 54.5 Å². The fourth-order valence-corrected chi connectivity index (χ4v) is 6.06. The Kier molecular flexibility index (Phi) is 7.68. The number of halogens is 2. The fraction of sp³-hybridized carbons (Fsp3) is 0.269. The SMILES string of the molecule is CNC(=O)[C@@H]1CC[C@@H](Nc2ncc3cc(-c4ccnc(NS(=O)(=O)c5cc(Cl)cnc5OC)c4F)ccc3n2)C1. The Labute approximate surface area is 234 Å². The number of aromatic nitrogens is 4. The number of carbonyl (C=O) groups is 1. The lowest BCUT2D eigenvalue weighted by Gasteiger charge is -2.14. The molecule has 0 spiro atoms. The highest BCUT2D eigenvalue weighted by molar-refractivity contribution is 7.92. The van der Waals surface area contributed by atoms with Crippen molar-refractivity contribution in [1.82, 2.24) is 25.3 Å². The molecule has 0 unspecified atom stereocenters. The summed E-state index contributed by atoms with van der Waals surface area (Å²) in [5.41, 5.74) is 1.24. The number of carbonyl (C=O) groups excluding carboxylic acids is 1. The number of rotatable bonds is 8. The molecule has 1 fully saturated rings. The Balaban J connectivity index is 1.38. The summed E-state index contributed by atoms with van der Waals surface area (Å²) >= 11 is 5.91. The first kappa shape index (κ1) is 27.5. The van der Waals surface area contributed by atoms with Gasteiger partial charge in [0, 0.05) is 48.5 Å². The number of ether oxygens (including phenoxy) is 1. The summed E-state index contributed by atoms with van der Waals surface area (Å²) in [6.07, 6.45) is 6.50. The van der Waals surface area contributed by atoms with Gasteiger partial charge in [-0.1, -0.05) is 17.7 Å². The maximum Gasteiger partial charge on any atom is 0.268 e. The van der Waals surface area contributed by atoms with Crippen LogP contribution < -0.4 is 20.1 Å². The third-order valence-corrected chi connectivity index (χ3v) is 8.20. The van der Waals surface area contributed by atoms with Crippen molar-refractivity contribution in [2.45, 2.75) is 30.2 Å². The maximum atomic E-state index is 15.5. The van der Waals surface area contributed by atoms with Crippen molar-refractivity contribution in [3.05, 3.63) is 59.8 Å². The van der Waals surface area contributed by atoms with Crippen LogP contribution in [-0.2, 0) is 14.8 Å². The van der Waals surface area contributed by atoms with Crippen molar-refractivity contribution in [1.29, 1.82) is 0 Å². The molecule has 3 heterocycles. The Morgan fingerprint density at radius 3 is 2.73 bits per heavy atom. The van der Waals surface area contributed by atoms with Gasteiger partial charge in [0.15, 0.2) is 16.5 Å². The van der Waals surface area contributed by atoms with Crippen LogP contribution in [0, 0.1) is 11.7 Å². The van der Waals surface area contributed by atoms with E-state index >= 15 is 4.39 Å². The molecule has 5 rings (SSSR count). The van der Waals surface area contributed by atoms with Crippen LogP contribution in [0.2, 0.25) is 5.02 Å². The molecule has 3 aromatic heterocycles. The minimum absolute atomic E-state index is 0.0284. The van der Waals surface area contributed by atoms with Crippen LogP contribution in [0.1, 0.15) is 19.3 Å². The number of nitrogens with zero attached hydrogens (tertiary/aromatic N) is 4. The quantitative estimate of drug-likeness (QED) is 0.279. The molecule has 0 aliphatic heterocycles. The first-order valence-electron chi connectivity index (χ1n) is 12.3. The first-order chi connectivity index (χ1) is 19.2. The maximum absolute atomic E-state index is 15.5. The van der Waals surface area contributed by atoms with Crippen LogP contribution in [0.15, 0.2) is 53.8 Å². The van der Waals surface area contributed by atoms with E-state index in [1.165, 1.54) is 25.6 Å². The number of fused-ring (bicyclic) bond motifs is 1. The number of hydrogen-bond acceptors (Lipinski definition) is 9. The lowest BCUT2D eigenvalue weighted by Crippen LogP contribution is -2.27. The van der Waals surface area contributed by atoms with Crippen molar-refractivity contribution in [3.63, 3.8) is 0 Å². The topological polar surface area (TPSA) is 148 Å². The summed E-state index contributed by atoms with van der Waals surface area (Å²) in [5.74, 6) is -1.11. The Bertz CT molecular complexity index is 1710. The van der Waals surface area contributed by atoms with E-state index in [-0.39, 0.29) is 39.2 Å². The zero-order valence-corrected chi connectivity index (χ0v) is 23.1. The highest BCUT2D eigenvalue weighted by atomic mass is 35.5. The van der Waals surface area contributed by atoms with Crippen LogP contribution in [0.25, 0.3) is 22.0 Å². The normalized spacial score (nSPS) is 17.0. The number of benzene rings is 1. The zero-order valence-electron chi connectivity index (χ0n) is 21.5. The Hall–Kier alpha value is -4.10. The number of hydrogen-bond donors (Lipinski definition) is 3. The largest absolute Gasteiger partial charge is 0.480 e. The van der Waals surface area contributed by atoms with Gasteiger partial charge in [-0.2, -0.15) is 0 Å². The van der Waals surface area contributed by atoms with Crippen molar-refractivity contribution in [3.8, 4) is 17.0 Å². The second kappa shape index (κ2) is 11.2. The monoisotopic (exact) mass is 585 g/mol. The van der Waals surface area contributed by atoms with Gasteiger partial charge in [0.25, 0.3) is 10.0 Å². The summed E-state index contributed by atoms with van der Waals surface area (Å²) < 4.78 is 48.7. The van der Waals surface area contributed by atoms with E-state index in [0.717, 1.165) is 18.9 Å².